The van der Waals surface area contributed by atoms with Gasteiger partial charge in [-0.05, 0) is 6.92 Å². The van der Waals surface area contributed by atoms with Crippen molar-refractivity contribution in [2.24, 2.45) is 5.73 Å². The molecule has 1 rings (SSSR count). The Hall–Kier alpha value is -0.900. The van der Waals surface area contributed by atoms with Crippen LogP contribution in [0.3, 0.4) is 0 Å². The van der Waals surface area contributed by atoms with Crippen LogP contribution in [-0.2, 0) is 6.42 Å². The minimum absolute atomic E-state index is 0.467. The molecule has 0 aromatic carbocycles. The molecule has 0 spiro atoms. The van der Waals surface area contributed by atoms with Gasteiger partial charge in [-0.25, -0.2) is 4.98 Å². The summed E-state index contributed by atoms with van der Waals surface area (Å²) in [6.45, 7) is 1.94. The zero-order chi connectivity index (χ0) is 7.56. The van der Waals surface area contributed by atoms with E-state index in [9.17, 15) is 0 Å². The molecule has 0 saturated heterocycles. The molecule has 3 nitrogen and oxygen atoms in total. The second-order valence-electron chi connectivity index (χ2n) is 2.16. The fourth-order valence-electron chi connectivity index (χ4n) is 0.722. The van der Waals surface area contributed by atoms with Crippen LogP contribution >= 0.6 is 12.2 Å². The summed E-state index contributed by atoms with van der Waals surface area (Å²) >= 11 is 4.70. The fourth-order valence-corrected chi connectivity index (χ4v) is 0.858. The van der Waals surface area contributed by atoms with Gasteiger partial charge in [-0.15, -0.1) is 0 Å². The van der Waals surface area contributed by atoms with Crippen molar-refractivity contribution in [2.75, 3.05) is 0 Å². The molecule has 1 heterocycles. The Balaban J connectivity index is 2.67. The highest BCUT2D eigenvalue weighted by molar-refractivity contribution is 7.80. The maximum absolute atomic E-state index is 5.31. The monoisotopic (exact) mass is 155 g/mol. The van der Waals surface area contributed by atoms with E-state index in [1.807, 2.05) is 6.92 Å². The summed E-state index contributed by atoms with van der Waals surface area (Å²) in [4.78, 5) is 7.53. The van der Waals surface area contributed by atoms with Crippen molar-refractivity contribution in [3.63, 3.8) is 0 Å². The Kier molecular flexibility index (Phi) is 2.01. The number of nitrogens with one attached hydrogen (secondary N) is 1. The Morgan fingerprint density at radius 2 is 2.60 bits per heavy atom. The van der Waals surface area contributed by atoms with Gasteiger partial charge in [-0.1, -0.05) is 12.2 Å². The lowest BCUT2D eigenvalue weighted by atomic mass is 10.4. The first-order valence-electron chi connectivity index (χ1n) is 2.97. The number of nitrogens with zero attached hydrogens (tertiary/aromatic N) is 1. The van der Waals surface area contributed by atoms with Crippen molar-refractivity contribution in [2.45, 2.75) is 13.3 Å². The van der Waals surface area contributed by atoms with Gasteiger partial charge < -0.3 is 10.7 Å². The maximum atomic E-state index is 5.31. The van der Waals surface area contributed by atoms with Gasteiger partial charge in [0.05, 0.1) is 11.4 Å². The normalized spacial score (nSPS) is 9.70. The lowest BCUT2D eigenvalue weighted by Crippen LogP contribution is -2.11. The van der Waals surface area contributed by atoms with E-state index >= 15 is 0 Å². The Bertz CT molecular complexity index is 241. The van der Waals surface area contributed by atoms with Gasteiger partial charge in [0, 0.05) is 11.9 Å². The van der Waals surface area contributed by atoms with Crippen LogP contribution in [0.1, 0.15) is 11.5 Å². The third-order valence-electron chi connectivity index (χ3n) is 1.10. The number of aromatic amines is 1. The predicted octanol–water partition coefficient (Wildman–Crippen LogP) is 0.547. The van der Waals surface area contributed by atoms with E-state index in [1.165, 1.54) is 0 Å². The largest absolute Gasteiger partial charge is 0.393 e. The lowest BCUT2D eigenvalue weighted by Gasteiger charge is -1.90. The molecule has 4 heteroatoms. The van der Waals surface area contributed by atoms with Crippen molar-refractivity contribution in [3.05, 3.63) is 17.7 Å². The van der Waals surface area contributed by atoms with E-state index in [4.69, 9.17) is 18.0 Å². The molecule has 0 atom stereocenters. The molecule has 0 saturated carbocycles. The highest BCUT2D eigenvalue weighted by atomic mass is 32.1. The molecule has 0 aliphatic heterocycles. The quantitative estimate of drug-likeness (QED) is 0.613. The first kappa shape index (κ1) is 7.21. The summed E-state index contributed by atoms with van der Waals surface area (Å²) in [5, 5.41) is 0. The molecular formula is C6H9N3S. The number of aromatic nitrogens is 2. The van der Waals surface area contributed by atoms with Crippen LogP contribution in [0.25, 0.3) is 0 Å². The van der Waals surface area contributed by atoms with Crippen molar-refractivity contribution < 1.29 is 0 Å². The molecule has 0 fully saturated rings. The minimum Gasteiger partial charge on any atom is -0.393 e. The number of imidazole rings is 1. The number of hydrogen-bond acceptors (Lipinski definition) is 2. The summed E-state index contributed by atoms with van der Waals surface area (Å²) in [5.41, 5.74) is 6.34. The van der Waals surface area contributed by atoms with Crippen molar-refractivity contribution in [1.29, 1.82) is 0 Å². The van der Waals surface area contributed by atoms with Crippen LogP contribution < -0.4 is 5.73 Å². The zero-order valence-electron chi connectivity index (χ0n) is 5.72. The maximum Gasteiger partial charge on any atom is 0.113 e. The van der Waals surface area contributed by atoms with E-state index in [-0.39, 0.29) is 0 Å². The highest BCUT2D eigenvalue weighted by Crippen LogP contribution is 1.94. The second-order valence-corrected chi connectivity index (χ2v) is 2.68. The summed E-state index contributed by atoms with van der Waals surface area (Å²) in [6.07, 6.45) is 2.32. The third-order valence-corrected chi connectivity index (χ3v) is 1.24. The molecule has 0 aliphatic carbocycles. The van der Waals surface area contributed by atoms with Gasteiger partial charge in [0.1, 0.15) is 5.82 Å². The molecule has 0 unspecified atom stereocenters. The van der Waals surface area contributed by atoms with Gasteiger partial charge in [0.15, 0.2) is 0 Å². The fraction of sp³-hybridized carbons (Fsp3) is 0.333. The van der Waals surface area contributed by atoms with E-state index in [1.54, 1.807) is 6.20 Å². The molecule has 1 aromatic heterocycles. The van der Waals surface area contributed by atoms with Gasteiger partial charge in [-0.2, -0.15) is 0 Å². The molecule has 0 aliphatic rings. The van der Waals surface area contributed by atoms with Crippen LogP contribution in [0.15, 0.2) is 6.20 Å². The van der Waals surface area contributed by atoms with Crippen molar-refractivity contribution in [1.82, 2.24) is 9.97 Å². The molecule has 0 radical (unpaired) electrons. The molecule has 0 bridgehead atoms. The van der Waals surface area contributed by atoms with E-state index in [0.717, 1.165) is 11.5 Å². The molecule has 0 amide bonds. The number of H-pyrrole nitrogens is 1. The first-order chi connectivity index (χ1) is 4.68. The van der Waals surface area contributed by atoms with Crippen molar-refractivity contribution in [3.8, 4) is 0 Å². The topological polar surface area (TPSA) is 54.7 Å². The van der Waals surface area contributed by atoms with Crippen LogP contribution in [-0.4, -0.2) is 15.0 Å². The SMILES string of the molecule is Cc1cnc(CC(N)=S)[nH]1. The Labute approximate surface area is 64.7 Å². The first-order valence-corrected chi connectivity index (χ1v) is 3.38. The molecule has 1 aromatic rings. The number of aryl methyl sites for hydroxylation is 1. The summed E-state index contributed by atoms with van der Waals surface area (Å²) < 4.78 is 0. The summed E-state index contributed by atoms with van der Waals surface area (Å²) in [7, 11) is 0. The number of nitrogens with two attached hydrogens (primary N) is 1. The molecule has 54 valence electrons. The van der Waals surface area contributed by atoms with Gasteiger partial charge in [-0.3, -0.25) is 0 Å². The average Bonchev–Trinajstić information content (AvgIpc) is 2.13. The van der Waals surface area contributed by atoms with Gasteiger partial charge in [0.2, 0.25) is 0 Å². The van der Waals surface area contributed by atoms with Crippen LogP contribution in [0.5, 0.6) is 0 Å². The van der Waals surface area contributed by atoms with E-state index < -0.39 is 0 Å². The number of thiocarbonyl (C=S) groups is 1. The van der Waals surface area contributed by atoms with Crippen LogP contribution in [0.2, 0.25) is 0 Å². The smallest absolute Gasteiger partial charge is 0.113 e. The van der Waals surface area contributed by atoms with E-state index in [2.05, 4.69) is 9.97 Å². The lowest BCUT2D eigenvalue weighted by molar-refractivity contribution is 1.07. The zero-order valence-corrected chi connectivity index (χ0v) is 6.53. The number of rotatable bonds is 2. The highest BCUT2D eigenvalue weighted by Gasteiger charge is 1.97. The molecular weight excluding hydrogens is 146 g/mol. The average molecular weight is 155 g/mol. The second kappa shape index (κ2) is 2.79. The van der Waals surface area contributed by atoms with Crippen LogP contribution in [0, 0.1) is 6.92 Å². The number of hydrogen-bond donors (Lipinski definition) is 2. The Morgan fingerprint density at radius 1 is 1.90 bits per heavy atom. The predicted molar refractivity (Wildman–Crippen MR) is 43.8 cm³/mol. The summed E-state index contributed by atoms with van der Waals surface area (Å²) in [6, 6.07) is 0. The minimum atomic E-state index is 0.467. The van der Waals surface area contributed by atoms with Crippen molar-refractivity contribution >= 4 is 17.2 Å². The summed E-state index contributed by atoms with van der Waals surface area (Å²) in [5.74, 6) is 0.838. The van der Waals surface area contributed by atoms with Gasteiger partial charge >= 0.3 is 0 Å². The van der Waals surface area contributed by atoms with Gasteiger partial charge in [0.25, 0.3) is 0 Å². The Morgan fingerprint density at radius 3 is 3.00 bits per heavy atom. The molecule has 3 N–H and O–H groups in total. The molecule has 10 heavy (non-hydrogen) atoms. The third kappa shape index (κ3) is 1.80. The van der Waals surface area contributed by atoms with E-state index in [0.29, 0.717) is 11.4 Å². The standard InChI is InChI=1S/C6H9N3S/c1-4-3-8-6(9-4)2-5(7)10/h3H,2H2,1H3,(H2,7,10)(H,8,9). The van der Waals surface area contributed by atoms with Crippen LogP contribution in [0.4, 0.5) is 0 Å².